The number of methoxy groups -OCH3 is 1. The van der Waals surface area contributed by atoms with Gasteiger partial charge >= 0.3 is 0 Å². The first kappa shape index (κ1) is 13.1. The van der Waals surface area contributed by atoms with Gasteiger partial charge in [0, 0.05) is 6.54 Å². The molecule has 1 atom stereocenters. The molecule has 0 aliphatic heterocycles. The normalized spacial score (nSPS) is 12.2. The Balaban J connectivity index is 2.76. The Kier molecular flexibility index (Phi) is 4.85. The Bertz CT molecular complexity index is 397. The van der Waals surface area contributed by atoms with Gasteiger partial charge in [0.15, 0.2) is 0 Å². The standard InChI is InChI=1S/C13H16BrNO/c1-5-10(2)15(3)9-11-6-7-13(16-4)12(14)8-11/h1,6-8,10H,9H2,2-4H3. The molecule has 0 N–H and O–H groups in total. The van der Waals surface area contributed by atoms with Gasteiger partial charge in [-0.2, -0.15) is 0 Å². The first-order chi connectivity index (χ1) is 7.58. The molecular formula is C13H16BrNO. The summed E-state index contributed by atoms with van der Waals surface area (Å²) in [5, 5.41) is 0. The molecule has 2 nitrogen and oxygen atoms in total. The van der Waals surface area contributed by atoms with Crippen LogP contribution in [0, 0.1) is 12.3 Å². The monoisotopic (exact) mass is 281 g/mol. The number of nitrogens with zero attached hydrogens (tertiary/aromatic N) is 1. The molecule has 0 saturated carbocycles. The lowest BCUT2D eigenvalue weighted by atomic mass is 10.2. The number of ether oxygens (including phenoxy) is 1. The minimum Gasteiger partial charge on any atom is -0.496 e. The highest BCUT2D eigenvalue weighted by atomic mass is 79.9. The number of rotatable bonds is 4. The molecule has 0 spiro atoms. The van der Waals surface area contributed by atoms with Crippen molar-refractivity contribution in [2.45, 2.75) is 19.5 Å². The lowest BCUT2D eigenvalue weighted by Gasteiger charge is -2.20. The Morgan fingerprint density at radius 3 is 2.75 bits per heavy atom. The van der Waals surface area contributed by atoms with Gasteiger partial charge in [-0.1, -0.05) is 12.0 Å². The van der Waals surface area contributed by atoms with Crippen LogP contribution in [0.5, 0.6) is 5.75 Å². The second-order valence-electron chi connectivity index (χ2n) is 3.73. The second-order valence-corrected chi connectivity index (χ2v) is 4.58. The topological polar surface area (TPSA) is 12.5 Å². The van der Waals surface area contributed by atoms with Gasteiger partial charge in [-0.3, -0.25) is 4.90 Å². The maximum Gasteiger partial charge on any atom is 0.133 e. The van der Waals surface area contributed by atoms with Gasteiger partial charge in [0.2, 0.25) is 0 Å². The van der Waals surface area contributed by atoms with Crippen LogP contribution in [-0.2, 0) is 6.54 Å². The molecule has 1 aromatic carbocycles. The Labute approximate surface area is 106 Å². The summed E-state index contributed by atoms with van der Waals surface area (Å²) in [4.78, 5) is 2.12. The van der Waals surface area contributed by atoms with Crippen molar-refractivity contribution in [1.29, 1.82) is 0 Å². The molecular weight excluding hydrogens is 266 g/mol. The zero-order valence-electron chi connectivity index (χ0n) is 9.83. The van der Waals surface area contributed by atoms with Crippen molar-refractivity contribution < 1.29 is 4.74 Å². The molecule has 3 heteroatoms. The summed E-state index contributed by atoms with van der Waals surface area (Å²) in [6.45, 7) is 2.84. The van der Waals surface area contributed by atoms with Gasteiger partial charge in [-0.25, -0.2) is 0 Å². The Morgan fingerprint density at radius 2 is 2.25 bits per heavy atom. The molecule has 0 fully saturated rings. The van der Waals surface area contributed by atoms with Crippen LogP contribution in [0.1, 0.15) is 12.5 Å². The fraction of sp³-hybridized carbons (Fsp3) is 0.385. The fourth-order valence-electron chi connectivity index (χ4n) is 1.36. The van der Waals surface area contributed by atoms with Crippen LogP contribution in [0.2, 0.25) is 0 Å². The van der Waals surface area contributed by atoms with Crippen molar-refractivity contribution in [2.24, 2.45) is 0 Å². The maximum absolute atomic E-state index is 5.38. The van der Waals surface area contributed by atoms with Gasteiger partial charge in [-0.05, 0) is 47.6 Å². The largest absolute Gasteiger partial charge is 0.496 e. The van der Waals surface area contributed by atoms with Crippen LogP contribution in [-0.4, -0.2) is 25.1 Å². The smallest absolute Gasteiger partial charge is 0.133 e. The minimum absolute atomic E-state index is 0.140. The lowest BCUT2D eigenvalue weighted by molar-refractivity contribution is 0.296. The number of benzene rings is 1. The van der Waals surface area contributed by atoms with E-state index in [4.69, 9.17) is 11.2 Å². The van der Waals surface area contributed by atoms with Crippen LogP contribution >= 0.6 is 15.9 Å². The van der Waals surface area contributed by atoms with E-state index in [0.29, 0.717) is 0 Å². The molecule has 0 heterocycles. The third-order valence-electron chi connectivity index (χ3n) is 2.55. The SMILES string of the molecule is C#CC(C)N(C)Cc1ccc(OC)c(Br)c1. The summed E-state index contributed by atoms with van der Waals surface area (Å²) >= 11 is 3.47. The summed E-state index contributed by atoms with van der Waals surface area (Å²) in [7, 11) is 3.68. The van der Waals surface area contributed by atoms with Gasteiger partial charge in [0.25, 0.3) is 0 Å². The summed E-state index contributed by atoms with van der Waals surface area (Å²) in [5.41, 5.74) is 1.21. The van der Waals surface area contributed by atoms with E-state index in [1.54, 1.807) is 7.11 Å². The highest BCUT2D eigenvalue weighted by Gasteiger charge is 2.08. The third kappa shape index (κ3) is 3.26. The maximum atomic E-state index is 5.38. The highest BCUT2D eigenvalue weighted by molar-refractivity contribution is 9.10. The van der Waals surface area contributed by atoms with Crippen molar-refractivity contribution in [3.05, 3.63) is 28.2 Å². The summed E-state index contributed by atoms with van der Waals surface area (Å²) < 4.78 is 6.15. The number of halogens is 1. The first-order valence-electron chi connectivity index (χ1n) is 5.07. The van der Waals surface area contributed by atoms with Crippen LogP contribution in [0.4, 0.5) is 0 Å². The van der Waals surface area contributed by atoms with Gasteiger partial charge < -0.3 is 4.74 Å². The Hall–Kier alpha value is -0.980. The molecule has 0 amide bonds. The van der Waals surface area contributed by atoms with Gasteiger partial charge in [-0.15, -0.1) is 6.42 Å². The fourth-order valence-corrected chi connectivity index (χ4v) is 1.95. The number of terminal acetylenes is 1. The predicted octanol–water partition coefficient (Wildman–Crippen LogP) is 2.91. The van der Waals surface area contributed by atoms with E-state index in [0.717, 1.165) is 16.8 Å². The van der Waals surface area contributed by atoms with Gasteiger partial charge in [0.05, 0.1) is 17.6 Å². The highest BCUT2D eigenvalue weighted by Crippen LogP contribution is 2.26. The van der Waals surface area contributed by atoms with Crippen molar-refractivity contribution >= 4 is 15.9 Å². The van der Waals surface area contributed by atoms with Crippen LogP contribution < -0.4 is 4.74 Å². The molecule has 0 aliphatic carbocycles. The lowest BCUT2D eigenvalue weighted by Crippen LogP contribution is -2.26. The van der Waals surface area contributed by atoms with Crippen molar-refractivity contribution in [3.63, 3.8) is 0 Å². The van der Waals surface area contributed by atoms with Crippen LogP contribution in [0.3, 0.4) is 0 Å². The molecule has 86 valence electrons. The van der Waals surface area contributed by atoms with E-state index < -0.39 is 0 Å². The van der Waals surface area contributed by atoms with E-state index in [1.807, 2.05) is 26.1 Å². The van der Waals surface area contributed by atoms with E-state index in [-0.39, 0.29) is 6.04 Å². The summed E-state index contributed by atoms with van der Waals surface area (Å²) in [6.07, 6.45) is 5.38. The average molecular weight is 282 g/mol. The molecule has 1 aromatic rings. The quantitative estimate of drug-likeness (QED) is 0.787. The predicted molar refractivity (Wildman–Crippen MR) is 70.5 cm³/mol. The van der Waals surface area contributed by atoms with Crippen LogP contribution in [0.15, 0.2) is 22.7 Å². The van der Waals surface area contributed by atoms with Crippen molar-refractivity contribution in [1.82, 2.24) is 4.90 Å². The molecule has 16 heavy (non-hydrogen) atoms. The summed E-state index contributed by atoms with van der Waals surface area (Å²) in [6, 6.07) is 6.19. The first-order valence-corrected chi connectivity index (χ1v) is 5.86. The molecule has 0 bridgehead atoms. The molecule has 0 saturated heterocycles. The number of hydrogen-bond donors (Lipinski definition) is 0. The van der Waals surface area contributed by atoms with E-state index in [9.17, 15) is 0 Å². The van der Waals surface area contributed by atoms with E-state index in [1.165, 1.54) is 5.56 Å². The van der Waals surface area contributed by atoms with E-state index in [2.05, 4.69) is 32.8 Å². The zero-order chi connectivity index (χ0) is 12.1. The van der Waals surface area contributed by atoms with E-state index >= 15 is 0 Å². The second kappa shape index (κ2) is 5.93. The van der Waals surface area contributed by atoms with Crippen molar-refractivity contribution in [3.8, 4) is 18.1 Å². The van der Waals surface area contributed by atoms with Crippen molar-refractivity contribution in [2.75, 3.05) is 14.2 Å². The molecule has 1 unspecified atom stereocenters. The third-order valence-corrected chi connectivity index (χ3v) is 3.17. The zero-order valence-corrected chi connectivity index (χ0v) is 11.4. The van der Waals surface area contributed by atoms with Crippen LogP contribution in [0.25, 0.3) is 0 Å². The summed E-state index contributed by atoms with van der Waals surface area (Å²) in [5.74, 6) is 3.56. The molecule has 1 rings (SSSR count). The minimum atomic E-state index is 0.140. The average Bonchev–Trinajstić information content (AvgIpc) is 2.28. The molecule has 0 aliphatic rings. The molecule has 0 aromatic heterocycles. The number of hydrogen-bond acceptors (Lipinski definition) is 2. The Morgan fingerprint density at radius 1 is 1.56 bits per heavy atom. The van der Waals surface area contributed by atoms with Gasteiger partial charge in [0.1, 0.15) is 5.75 Å². The molecule has 0 radical (unpaired) electrons.